The lowest BCUT2D eigenvalue weighted by molar-refractivity contribution is -0.137. The topological polar surface area (TPSA) is 91.3 Å². The number of benzene rings is 1. The minimum atomic E-state index is -0.879. The van der Waals surface area contributed by atoms with E-state index in [0.717, 1.165) is 11.3 Å². The predicted octanol–water partition coefficient (Wildman–Crippen LogP) is 3.50. The molecule has 0 unspecified atom stereocenters. The number of nitrogens with zero attached hydrogens (tertiary/aromatic N) is 1. The van der Waals surface area contributed by atoms with Crippen molar-refractivity contribution in [2.24, 2.45) is 0 Å². The molecule has 3 N–H and O–H groups in total. The third kappa shape index (κ3) is 6.00. The van der Waals surface area contributed by atoms with E-state index < -0.39 is 11.5 Å². The number of nitrogens with one attached hydrogen (secondary N) is 2. The van der Waals surface area contributed by atoms with E-state index >= 15 is 0 Å². The fourth-order valence-electron chi connectivity index (χ4n) is 2.17. The monoisotopic (exact) mass is 347 g/mol. The normalized spacial score (nSPS) is 11.1. The molecule has 2 aromatic rings. The molecule has 6 nitrogen and oxygen atoms in total. The molecular weight excluding hydrogens is 326 g/mol. The van der Waals surface area contributed by atoms with Crippen molar-refractivity contribution in [3.8, 4) is 0 Å². The van der Waals surface area contributed by atoms with Gasteiger partial charge in [-0.3, -0.25) is 10.1 Å². The summed E-state index contributed by atoms with van der Waals surface area (Å²) in [6.45, 7) is 3.58. The quantitative estimate of drug-likeness (QED) is 0.715. The van der Waals surface area contributed by atoms with Crippen LogP contribution in [0.4, 0.5) is 9.93 Å². The maximum atomic E-state index is 12.0. The molecule has 1 aromatic heterocycles. The highest BCUT2D eigenvalue weighted by molar-refractivity contribution is 7.13. The van der Waals surface area contributed by atoms with E-state index in [1.54, 1.807) is 13.8 Å². The van der Waals surface area contributed by atoms with Crippen molar-refractivity contribution in [3.63, 3.8) is 0 Å². The second-order valence-corrected chi connectivity index (χ2v) is 7.02. The Morgan fingerprint density at radius 1 is 1.25 bits per heavy atom. The standard InChI is InChI=1S/C17H21N3O3S/c1-17(2,9-8-14(21)22)20-15(23)19-16-18-13(11-24-16)10-12-6-4-3-5-7-12/h3-7,11H,8-10H2,1-2H3,(H,21,22)(H2,18,19,20,23). The summed E-state index contributed by atoms with van der Waals surface area (Å²) < 4.78 is 0. The molecule has 0 aliphatic heterocycles. The van der Waals surface area contributed by atoms with Gasteiger partial charge in [0.1, 0.15) is 0 Å². The van der Waals surface area contributed by atoms with Gasteiger partial charge in [-0.25, -0.2) is 9.78 Å². The van der Waals surface area contributed by atoms with Crippen LogP contribution in [-0.2, 0) is 11.2 Å². The maximum absolute atomic E-state index is 12.0. The Bertz CT molecular complexity index is 698. The second kappa shape index (κ2) is 7.92. The van der Waals surface area contributed by atoms with Crippen LogP contribution < -0.4 is 10.6 Å². The first-order valence-corrected chi connectivity index (χ1v) is 8.51. The highest BCUT2D eigenvalue weighted by Crippen LogP contribution is 2.18. The van der Waals surface area contributed by atoms with Crippen molar-refractivity contribution in [2.45, 2.75) is 38.6 Å². The van der Waals surface area contributed by atoms with Gasteiger partial charge in [-0.05, 0) is 25.8 Å². The molecule has 0 saturated heterocycles. The fraction of sp³-hybridized carbons (Fsp3) is 0.353. The number of hydrogen-bond acceptors (Lipinski definition) is 4. The molecule has 0 aliphatic rings. The number of aromatic nitrogens is 1. The molecule has 0 atom stereocenters. The van der Waals surface area contributed by atoms with E-state index in [0.29, 0.717) is 18.0 Å². The van der Waals surface area contributed by atoms with Gasteiger partial charge in [0.05, 0.1) is 5.69 Å². The molecule has 7 heteroatoms. The number of hydrogen-bond donors (Lipinski definition) is 3. The lowest BCUT2D eigenvalue weighted by Crippen LogP contribution is -2.45. The van der Waals surface area contributed by atoms with Gasteiger partial charge in [-0.2, -0.15) is 0 Å². The summed E-state index contributed by atoms with van der Waals surface area (Å²) in [5.74, 6) is -0.879. The summed E-state index contributed by atoms with van der Waals surface area (Å²) in [5, 5.41) is 16.6. The molecule has 0 aliphatic carbocycles. The predicted molar refractivity (Wildman–Crippen MR) is 94.5 cm³/mol. The minimum absolute atomic E-state index is 0.00571. The van der Waals surface area contributed by atoms with Gasteiger partial charge in [-0.15, -0.1) is 11.3 Å². The van der Waals surface area contributed by atoms with Crippen LogP contribution in [0, 0.1) is 0 Å². The van der Waals surface area contributed by atoms with E-state index in [4.69, 9.17) is 5.11 Å². The van der Waals surface area contributed by atoms with Crippen molar-refractivity contribution in [1.82, 2.24) is 10.3 Å². The Balaban J connectivity index is 1.87. The third-order valence-electron chi connectivity index (χ3n) is 3.42. The minimum Gasteiger partial charge on any atom is -0.481 e. The first-order chi connectivity index (χ1) is 11.3. The zero-order chi connectivity index (χ0) is 17.6. The molecule has 1 heterocycles. The third-order valence-corrected chi connectivity index (χ3v) is 4.22. The summed E-state index contributed by atoms with van der Waals surface area (Å²) in [6, 6.07) is 9.61. The SMILES string of the molecule is CC(C)(CCC(=O)O)NC(=O)Nc1nc(Cc2ccccc2)cs1. The van der Waals surface area contributed by atoms with Crippen LogP contribution in [0.5, 0.6) is 0 Å². The lowest BCUT2D eigenvalue weighted by atomic mass is 9.99. The van der Waals surface area contributed by atoms with Crippen LogP contribution in [0.1, 0.15) is 37.9 Å². The van der Waals surface area contributed by atoms with Gasteiger partial charge >= 0.3 is 12.0 Å². The lowest BCUT2D eigenvalue weighted by Gasteiger charge is -2.25. The number of carbonyl (C=O) groups is 2. The van der Waals surface area contributed by atoms with E-state index in [2.05, 4.69) is 15.6 Å². The molecule has 128 valence electrons. The van der Waals surface area contributed by atoms with Crippen molar-refractivity contribution in [1.29, 1.82) is 0 Å². The maximum Gasteiger partial charge on any atom is 0.321 e. The van der Waals surface area contributed by atoms with Crippen LogP contribution in [0.15, 0.2) is 35.7 Å². The highest BCUT2D eigenvalue weighted by atomic mass is 32.1. The van der Waals surface area contributed by atoms with Crippen LogP contribution in [0.2, 0.25) is 0 Å². The number of thiazole rings is 1. The molecular formula is C17H21N3O3S. The van der Waals surface area contributed by atoms with Gasteiger partial charge in [0.15, 0.2) is 5.13 Å². The molecule has 0 spiro atoms. The van der Waals surface area contributed by atoms with E-state index in [1.807, 2.05) is 35.7 Å². The summed E-state index contributed by atoms with van der Waals surface area (Å²) in [4.78, 5) is 27.1. The summed E-state index contributed by atoms with van der Waals surface area (Å²) in [5.41, 5.74) is 1.45. The number of amides is 2. The Labute approximate surface area is 144 Å². The highest BCUT2D eigenvalue weighted by Gasteiger charge is 2.22. The number of carboxylic acid groups (broad SMARTS) is 1. The number of anilines is 1. The molecule has 2 rings (SSSR count). The Hall–Kier alpha value is -2.41. The summed E-state index contributed by atoms with van der Waals surface area (Å²) >= 11 is 1.36. The number of carbonyl (C=O) groups excluding carboxylic acids is 1. The van der Waals surface area contributed by atoms with Gasteiger partial charge in [0, 0.05) is 23.8 Å². The first kappa shape index (κ1) is 17.9. The second-order valence-electron chi connectivity index (χ2n) is 6.16. The van der Waals surface area contributed by atoms with E-state index in [1.165, 1.54) is 11.3 Å². The smallest absolute Gasteiger partial charge is 0.321 e. The Morgan fingerprint density at radius 2 is 1.96 bits per heavy atom. The van der Waals surface area contributed by atoms with Gasteiger partial charge in [0.25, 0.3) is 0 Å². The Morgan fingerprint density at radius 3 is 2.62 bits per heavy atom. The Kier molecular flexibility index (Phi) is 5.92. The van der Waals surface area contributed by atoms with E-state index in [-0.39, 0.29) is 12.5 Å². The molecule has 1 aromatic carbocycles. The average Bonchev–Trinajstić information content (AvgIpc) is 2.92. The largest absolute Gasteiger partial charge is 0.481 e. The molecule has 2 amide bonds. The summed E-state index contributed by atoms with van der Waals surface area (Å²) in [7, 11) is 0. The number of carboxylic acids is 1. The summed E-state index contributed by atoms with van der Waals surface area (Å²) in [6.07, 6.45) is 1.07. The fourth-order valence-corrected chi connectivity index (χ4v) is 2.87. The molecule has 0 radical (unpaired) electrons. The number of aliphatic carboxylic acids is 1. The van der Waals surface area contributed by atoms with Crippen LogP contribution in [-0.4, -0.2) is 27.6 Å². The van der Waals surface area contributed by atoms with Crippen LogP contribution >= 0.6 is 11.3 Å². The number of rotatable bonds is 7. The molecule has 24 heavy (non-hydrogen) atoms. The van der Waals surface area contributed by atoms with Gasteiger partial charge < -0.3 is 10.4 Å². The zero-order valence-electron chi connectivity index (χ0n) is 13.7. The van der Waals surface area contributed by atoms with Crippen molar-refractivity contribution < 1.29 is 14.7 Å². The number of urea groups is 1. The van der Waals surface area contributed by atoms with Crippen molar-refractivity contribution >= 4 is 28.5 Å². The van der Waals surface area contributed by atoms with Crippen molar-refractivity contribution in [2.75, 3.05) is 5.32 Å². The molecule has 0 saturated carbocycles. The molecule has 0 bridgehead atoms. The van der Waals surface area contributed by atoms with E-state index in [9.17, 15) is 9.59 Å². The van der Waals surface area contributed by atoms with Gasteiger partial charge in [0.2, 0.25) is 0 Å². The zero-order valence-corrected chi connectivity index (χ0v) is 14.5. The van der Waals surface area contributed by atoms with Gasteiger partial charge in [-0.1, -0.05) is 30.3 Å². The van der Waals surface area contributed by atoms with Crippen LogP contribution in [0.3, 0.4) is 0 Å². The first-order valence-electron chi connectivity index (χ1n) is 7.63. The van der Waals surface area contributed by atoms with Crippen LogP contribution in [0.25, 0.3) is 0 Å². The molecule has 0 fully saturated rings. The van der Waals surface area contributed by atoms with Crippen molar-refractivity contribution in [3.05, 3.63) is 47.0 Å². The average molecular weight is 347 g/mol.